The van der Waals surface area contributed by atoms with Crippen LogP contribution in [0.3, 0.4) is 0 Å². The topological polar surface area (TPSA) is 227 Å². The molecule has 0 saturated carbocycles. The van der Waals surface area contributed by atoms with Gasteiger partial charge in [0.05, 0.1) is 54.8 Å². The molecule has 1 unspecified atom stereocenters. The van der Waals surface area contributed by atoms with Crippen molar-refractivity contribution in [1.82, 2.24) is 35.2 Å². The SMILES string of the molecule is CC1CC=CC=C1C(=N)Cc1ccc(F)c(C(=O)N2CCN(C(=O)CNCCOCCNC=O)CC2)c1.CCc1cnn(-c2cnc(C)c(NC(=O)OC(C)(C)C)c2)c1.NC=O. The third-order valence-electron chi connectivity index (χ3n) is 9.53. The number of carbonyl (C=O) groups excluding carboxylic acids is 5. The fraction of sp³-hybridized carbons (Fsp3) is 0.455. The molecule has 2 aliphatic rings. The van der Waals surface area contributed by atoms with Crippen LogP contribution in [0.1, 0.15) is 68.2 Å². The van der Waals surface area contributed by atoms with Gasteiger partial charge >= 0.3 is 6.09 Å². The highest BCUT2D eigenvalue weighted by molar-refractivity contribution is 6.00. The third kappa shape index (κ3) is 16.6. The number of carbonyl (C=O) groups is 5. The van der Waals surface area contributed by atoms with E-state index < -0.39 is 23.4 Å². The molecule has 336 valence electrons. The maximum Gasteiger partial charge on any atom is 0.412 e. The number of hydrogen-bond donors (Lipinski definition) is 5. The van der Waals surface area contributed by atoms with Gasteiger partial charge in [0.2, 0.25) is 18.7 Å². The van der Waals surface area contributed by atoms with Gasteiger partial charge in [-0.1, -0.05) is 38.1 Å². The number of benzene rings is 1. The minimum Gasteiger partial charge on any atom is -0.444 e. The van der Waals surface area contributed by atoms with Crippen LogP contribution in [-0.4, -0.2) is 126 Å². The van der Waals surface area contributed by atoms with Crippen LogP contribution in [0, 0.1) is 24.1 Å². The number of nitrogens with zero attached hydrogens (tertiary/aromatic N) is 5. The minimum absolute atomic E-state index is 0.000605. The van der Waals surface area contributed by atoms with Crippen LogP contribution in [-0.2, 0) is 36.7 Å². The first-order chi connectivity index (χ1) is 29.6. The van der Waals surface area contributed by atoms with Crippen LogP contribution in [0.5, 0.6) is 0 Å². The second-order valence-electron chi connectivity index (χ2n) is 15.4. The van der Waals surface area contributed by atoms with E-state index in [1.807, 2.05) is 58.3 Å². The Morgan fingerprint density at radius 2 is 1.73 bits per heavy atom. The predicted molar refractivity (Wildman–Crippen MR) is 235 cm³/mol. The number of primary amides is 1. The average molecular weight is 861 g/mol. The quantitative estimate of drug-likeness (QED) is 0.0786. The van der Waals surface area contributed by atoms with Gasteiger partial charge < -0.3 is 41.1 Å². The van der Waals surface area contributed by atoms with Crippen molar-refractivity contribution in [2.24, 2.45) is 11.7 Å². The summed E-state index contributed by atoms with van der Waals surface area (Å²) in [7, 11) is 0. The number of rotatable bonds is 16. The summed E-state index contributed by atoms with van der Waals surface area (Å²) < 4.78 is 26.9. The number of halogens is 1. The van der Waals surface area contributed by atoms with Crippen LogP contribution in [0.4, 0.5) is 14.9 Å². The highest BCUT2D eigenvalue weighted by atomic mass is 19.1. The molecule has 6 N–H and O–H groups in total. The largest absolute Gasteiger partial charge is 0.444 e. The molecule has 0 bridgehead atoms. The van der Waals surface area contributed by atoms with Gasteiger partial charge in [-0.25, -0.2) is 13.9 Å². The van der Waals surface area contributed by atoms with Gasteiger partial charge in [-0.3, -0.25) is 29.5 Å². The van der Waals surface area contributed by atoms with Gasteiger partial charge in [0.25, 0.3) is 5.91 Å². The zero-order valence-electron chi connectivity index (χ0n) is 36.5. The van der Waals surface area contributed by atoms with E-state index in [-0.39, 0.29) is 30.3 Å². The molecule has 1 aliphatic carbocycles. The van der Waals surface area contributed by atoms with E-state index in [4.69, 9.17) is 19.7 Å². The van der Waals surface area contributed by atoms with Crippen LogP contribution < -0.4 is 21.7 Å². The van der Waals surface area contributed by atoms with Crippen LogP contribution in [0.2, 0.25) is 0 Å². The summed E-state index contributed by atoms with van der Waals surface area (Å²) >= 11 is 0. The van der Waals surface area contributed by atoms with E-state index in [0.717, 1.165) is 40.9 Å². The molecule has 1 aliphatic heterocycles. The Balaban J connectivity index is 0.000000347. The minimum atomic E-state index is -0.583. The second kappa shape index (κ2) is 25.5. The molecule has 0 spiro atoms. The molecular weight excluding hydrogens is 800 g/mol. The Morgan fingerprint density at radius 1 is 1.03 bits per heavy atom. The van der Waals surface area contributed by atoms with Crippen LogP contribution >= 0.6 is 0 Å². The molecule has 5 amide bonds. The van der Waals surface area contributed by atoms with Crippen molar-refractivity contribution in [3.8, 4) is 5.69 Å². The molecule has 3 aromatic rings. The Hall–Kier alpha value is -6.27. The molecule has 2 aromatic heterocycles. The van der Waals surface area contributed by atoms with Crippen LogP contribution in [0.25, 0.3) is 5.69 Å². The number of ether oxygens (including phenoxy) is 2. The van der Waals surface area contributed by atoms with E-state index in [0.29, 0.717) is 76.7 Å². The molecule has 5 rings (SSSR count). The van der Waals surface area contributed by atoms with Crippen molar-refractivity contribution >= 4 is 42.1 Å². The summed E-state index contributed by atoms with van der Waals surface area (Å²) in [6.07, 6.45) is 14.0. The lowest BCUT2D eigenvalue weighted by Gasteiger charge is -2.35. The molecule has 0 radical (unpaired) electrons. The molecular formula is C44H61FN10O7. The lowest BCUT2D eigenvalue weighted by Crippen LogP contribution is -2.52. The number of piperazine rings is 1. The number of pyridine rings is 1. The molecule has 17 nitrogen and oxygen atoms in total. The average Bonchev–Trinajstić information content (AvgIpc) is 3.73. The van der Waals surface area contributed by atoms with Crippen LogP contribution in [0.15, 0.2) is 66.7 Å². The number of aryl methyl sites for hydroxylation is 2. The molecule has 1 atom stereocenters. The maximum atomic E-state index is 14.6. The number of hydrogen-bond acceptors (Lipinski definition) is 11. The summed E-state index contributed by atoms with van der Waals surface area (Å²) in [6, 6.07) is 6.30. The maximum absolute atomic E-state index is 14.6. The lowest BCUT2D eigenvalue weighted by atomic mass is 9.87. The molecule has 1 saturated heterocycles. The van der Waals surface area contributed by atoms with Gasteiger partial charge in [0.15, 0.2) is 0 Å². The van der Waals surface area contributed by atoms with E-state index in [1.54, 1.807) is 32.8 Å². The first-order valence-corrected chi connectivity index (χ1v) is 20.5. The first kappa shape index (κ1) is 50.1. The van der Waals surface area contributed by atoms with E-state index in [9.17, 15) is 23.6 Å². The second-order valence-corrected chi connectivity index (χ2v) is 15.4. The van der Waals surface area contributed by atoms with Gasteiger partial charge in [-0.2, -0.15) is 5.10 Å². The van der Waals surface area contributed by atoms with Crippen molar-refractivity contribution < 1.29 is 37.8 Å². The zero-order valence-corrected chi connectivity index (χ0v) is 36.5. The number of allylic oxidation sites excluding steroid dienone is 4. The highest BCUT2D eigenvalue weighted by Gasteiger charge is 2.27. The highest BCUT2D eigenvalue weighted by Crippen LogP contribution is 2.24. The Morgan fingerprint density at radius 3 is 2.37 bits per heavy atom. The zero-order chi connectivity index (χ0) is 45.7. The summed E-state index contributed by atoms with van der Waals surface area (Å²) in [4.78, 5) is 63.7. The normalized spacial score (nSPS) is 14.6. The monoisotopic (exact) mass is 860 g/mol. The van der Waals surface area contributed by atoms with Crippen molar-refractivity contribution in [2.75, 3.05) is 64.3 Å². The van der Waals surface area contributed by atoms with Crippen molar-refractivity contribution in [3.05, 3.63) is 94.9 Å². The van der Waals surface area contributed by atoms with Gasteiger partial charge in [-0.15, -0.1) is 0 Å². The van der Waals surface area contributed by atoms with Crippen molar-refractivity contribution in [2.45, 2.75) is 66.4 Å². The Labute approximate surface area is 362 Å². The number of aromatic nitrogens is 3. The molecule has 62 heavy (non-hydrogen) atoms. The number of amides is 5. The molecule has 1 aromatic carbocycles. The number of anilines is 1. The standard InChI is InChI=1S/C27H36FN5O4.C16H22N4O2.CH3NO/c1-20-4-2-3-5-22(20)25(29)17-21-6-7-24(28)23(16-21)27(36)33-12-10-32(11-13-33)26(35)18-30-8-14-37-15-9-31-19-34;1-6-12-8-18-20(10-12)13-7-14(11(2)17-9-13)19-15(21)22-16(3,4)5;2-1-3/h2-3,5-7,16,19-20,29-30H,4,8-15,17-18H2,1H3,(H,31,34);7-10H,6H2,1-5H3,(H,19,21);1H,(H2,2,3). The van der Waals surface area contributed by atoms with E-state index in [2.05, 4.69) is 51.7 Å². The van der Waals surface area contributed by atoms with E-state index >= 15 is 0 Å². The van der Waals surface area contributed by atoms with Gasteiger partial charge in [0.1, 0.15) is 11.4 Å². The summed E-state index contributed by atoms with van der Waals surface area (Å²) in [5.41, 5.74) is 9.05. The Kier molecular flexibility index (Phi) is 20.6. The van der Waals surface area contributed by atoms with Gasteiger partial charge in [0, 0.05) is 57.6 Å². The molecule has 18 heteroatoms. The Bertz CT molecular complexity index is 2040. The predicted octanol–water partition coefficient (Wildman–Crippen LogP) is 4.13. The van der Waals surface area contributed by atoms with E-state index in [1.165, 1.54) is 6.07 Å². The molecule has 1 fully saturated rings. The fourth-order valence-corrected chi connectivity index (χ4v) is 6.24. The van der Waals surface area contributed by atoms with Crippen molar-refractivity contribution in [1.29, 1.82) is 5.41 Å². The summed E-state index contributed by atoms with van der Waals surface area (Å²) in [6.45, 7) is 14.8. The summed E-state index contributed by atoms with van der Waals surface area (Å²) in [5, 5.41) is 21.1. The number of nitrogens with one attached hydrogen (secondary N) is 4. The summed E-state index contributed by atoms with van der Waals surface area (Å²) in [5.74, 6) is -0.785. The fourth-order valence-electron chi connectivity index (χ4n) is 6.24. The number of nitrogens with two attached hydrogens (primary N) is 1. The smallest absolute Gasteiger partial charge is 0.412 e. The third-order valence-corrected chi connectivity index (χ3v) is 9.53. The van der Waals surface area contributed by atoms with Crippen molar-refractivity contribution in [3.63, 3.8) is 0 Å². The lowest BCUT2D eigenvalue weighted by molar-refractivity contribution is -0.131. The van der Waals surface area contributed by atoms with Gasteiger partial charge in [-0.05, 0) is 81.4 Å². The molecule has 3 heterocycles. The first-order valence-electron chi connectivity index (χ1n) is 20.5.